The first-order valence-electron chi connectivity index (χ1n) is 9.26. The minimum Gasteiger partial charge on any atom is -0.355 e. The third-order valence-corrected chi connectivity index (χ3v) is 6.67. The quantitative estimate of drug-likeness (QED) is 0.447. The van der Waals surface area contributed by atoms with Crippen molar-refractivity contribution >= 4 is 70.0 Å². The summed E-state index contributed by atoms with van der Waals surface area (Å²) in [6.45, 7) is 4.13. The average molecular weight is 508 g/mol. The van der Waals surface area contributed by atoms with Crippen LogP contribution in [-0.4, -0.2) is 35.1 Å². The number of amides is 2. The van der Waals surface area contributed by atoms with Crippen LogP contribution < -0.4 is 5.32 Å². The van der Waals surface area contributed by atoms with Crippen LogP contribution in [0, 0.1) is 0 Å². The molecule has 1 N–H and O–H groups in total. The maximum atomic E-state index is 13.0. The second-order valence-electron chi connectivity index (χ2n) is 6.52. The number of benzene rings is 2. The smallest absolute Gasteiger partial charge is 0.242 e. The molecule has 30 heavy (non-hydrogen) atoms. The lowest BCUT2D eigenvalue weighted by molar-refractivity contribution is -0.138. The number of carbonyl (C=O) groups excluding carboxylic acids is 2. The summed E-state index contributed by atoms with van der Waals surface area (Å²) in [7, 11) is 0. The van der Waals surface area contributed by atoms with Gasteiger partial charge in [-0.15, -0.1) is 11.8 Å². The molecule has 0 saturated carbocycles. The Balaban J connectivity index is 2.14. The monoisotopic (exact) mass is 506 g/mol. The molecule has 0 radical (unpaired) electrons. The Labute approximate surface area is 201 Å². The lowest BCUT2D eigenvalue weighted by atomic mass is 10.1. The molecule has 0 spiro atoms. The molecule has 2 aromatic rings. The fourth-order valence-corrected chi connectivity index (χ4v) is 4.71. The van der Waals surface area contributed by atoms with Gasteiger partial charge in [-0.3, -0.25) is 9.59 Å². The van der Waals surface area contributed by atoms with Gasteiger partial charge in [0.05, 0.1) is 5.75 Å². The molecule has 1 atom stereocenters. The van der Waals surface area contributed by atoms with E-state index < -0.39 is 6.04 Å². The number of nitrogens with one attached hydrogen (secondary N) is 1. The van der Waals surface area contributed by atoms with Crippen LogP contribution in [0.5, 0.6) is 0 Å². The Morgan fingerprint density at radius 1 is 1.07 bits per heavy atom. The molecule has 0 heterocycles. The maximum Gasteiger partial charge on any atom is 0.242 e. The largest absolute Gasteiger partial charge is 0.355 e. The standard InChI is InChI=1S/C21H22Cl4N2O2S/c1-3-26-21(29)13(2)27(10-16-17(23)5-4-6-18(16)24)20(28)12-30-11-14-7-8-15(22)9-19(14)25/h4-9,13H,3,10-12H2,1-2H3,(H,26,29)/t13-/m1/s1. The van der Waals surface area contributed by atoms with Crippen LogP contribution >= 0.6 is 58.2 Å². The van der Waals surface area contributed by atoms with E-state index in [1.807, 2.05) is 13.0 Å². The molecular formula is C21H22Cl4N2O2S. The van der Waals surface area contributed by atoms with Crippen molar-refractivity contribution in [3.63, 3.8) is 0 Å². The topological polar surface area (TPSA) is 49.4 Å². The second kappa shape index (κ2) is 12.1. The molecule has 162 valence electrons. The molecule has 2 aromatic carbocycles. The van der Waals surface area contributed by atoms with Gasteiger partial charge in [-0.2, -0.15) is 0 Å². The fourth-order valence-electron chi connectivity index (χ4n) is 2.73. The van der Waals surface area contributed by atoms with Crippen molar-refractivity contribution in [2.75, 3.05) is 12.3 Å². The minimum absolute atomic E-state index is 0.137. The molecule has 0 aromatic heterocycles. The highest BCUT2D eigenvalue weighted by Gasteiger charge is 2.27. The predicted octanol–water partition coefficient (Wildman–Crippen LogP) is 6.09. The molecule has 0 aliphatic rings. The summed E-state index contributed by atoms with van der Waals surface area (Å²) < 4.78 is 0. The van der Waals surface area contributed by atoms with Gasteiger partial charge in [0.25, 0.3) is 0 Å². The maximum absolute atomic E-state index is 13.0. The van der Waals surface area contributed by atoms with Gasteiger partial charge in [0.1, 0.15) is 6.04 Å². The van der Waals surface area contributed by atoms with Crippen molar-refractivity contribution < 1.29 is 9.59 Å². The summed E-state index contributed by atoms with van der Waals surface area (Å²) in [5.74, 6) is 0.280. The molecule has 9 heteroatoms. The summed E-state index contributed by atoms with van der Waals surface area (Å²) in [5.41, 5.74) is 1.49. The number of rotatable bonds is 9. The third kappa shape index (κ3) is 6.96. The number of hydrogen-bond acceptors (Lipinski definition) is 3. The van der Waals surface area contributed by atoms with E-state index in [2.05, 4.69) is 5.32 Å². The van der Waals surface area contributed by atoms with Gasteiger partial charge < -0.3 is 10.2 Å². The molecule has 0 saturated heterocycles. The lowest BCUT2D eigenvalue weighted by Gasteiger charge is -2.29. The second-order valence-corrected chi connectivity index (χ2v) is 9.16. The summed E-state index contributed by atoms with van der Waals surface area (Å²) in [5, 5.41) is 4.76. The van der Waals surface area contributed by atoms with E-state index in [1.54, 1.807) is 37.3 Å². The van der Waals surface area contributed by atoms with Crippen LogP contribution in [0.1, 0.15) is 25.0 Å². The van der Waals surface area contributed by atoms with Crippen LogP contribution in [0.4, 0.5) is 0 Å². The summed E-state index contributed by atoms with van der Waals surface area (Å²) in [4.78, 5) is 26.9. The third-order valence-electron chi connectivity index (χ3n) is 4.41. The van der Waals surface area contributed by atoms with Crippen LogP contribution in [0.2, 0.25) is 20.1 Å². The van der Waals surface area contributed by atoms with Gasteiger partial charge in [0.15, 0.2) is 0 Å². The number of likely N-dealkylation sites (N-methyl/N-ethyl adjacent to an activating group) is 1. The van der Waals surface area contributed by atoms with E-state index in [0.717, 1.165) is 5.56 Å². The first-order valence-corrected chi connectivity index (χ1v) is 11.9. The van der Waals surface area contributed by atoms with Crippen LogP contribution in [0.3, 0.4) is 0 Å². The summed E-state index contributed by atoms with van der Waals surface area (Å²) >= 11 is 26.1. The van der Waals surface area contributed by atoms with E-state index >= 15 is 0 Å². The number of hydrogen-bond donors (Lipinski definition) is 1. The van der Waals surface area contributed by atoms with E-state index in [9.17, 15) is 9.59 Å². The van der Waals surface area contributed by atoms with E-state index in [0.29, 0.717) is 38.0 Å². The molecule has 0 unspecified atom stereocenters. The average Bonchev–Trinajstić information content (AvgIpc) is 2.69. The number of carbonyl (C=O) groups is 2. The summed E-state index contributed by atoms with van der Waals surface area (Å²) in [6, 6.07) is 9.74. The van der Waals surface area contributed by atoms with Gasteiger partial charge in [-0.25, -0.2) is 0 Å². The lowest BCUT2D eigenvalue weighted by Crippen LogP contribution is -2.48. The van der Waals surface area contributed by atoms with Gasteiger partial charge in [0.2, 0.25) is 11.8 Å². The molecule has 2 amide bonds. The normalized spacial score (nSPS) is 11.8. The first kappa shape index (κ1) is 25.2. The Morgan fingerprint density at radius 3 is 2.33 bits per heavy atom. The van der Waals surface area contributed by atoms with Gasteiger partial charge in [0, 0.05) is 44.5 Å². The van der Waals surface area contributed by atoms with E-state index in [-0.39, 0.29) is 24.1 Å². The van der Waals surface area contributed by atoms with Crippen molar-refractivity contribution in [1.82, 2.24) is 10.2 Å². The van der Waals surface area contributed by atoms with Crippen molar-refractivity contribution in [1.29, 1.82) is 0 Å². The zero-order valence-electron chi connectivity index (χ0n) is 16.6. The molecule has 0 aliphatic heterocycles. The highest BCUT2D eigenvalue weighted by molar-refractivity contribution is 7.99. The fraction of sp³-hybridized carbons (Fsp3) is 0.333. The predicted molar refractivity (Wildman–Crippen MR) is 128 cm³/mol. The summed E-state index contributed by atoms with van der Waals surface area (Å²) in [6.07, 6.45) is 0. The molecule has 0 bridgehead atoms. The van der Waals surface area contributed by atoms with Gasteiger partial charge >= 0.3 is 0 Å². The van der Waals surface area contributed by atoms with Crippen LogP contribution in [-0.2, 0) is 21.9 Å². The first-order chi connectivity index (χ1) is 14.2. The van der Waals surface area contributed by atoms with Gasteiger partial charge in [-0.05, 0) is 43.7 Å². The minimum atomic E-state index is -0.676. The van der Waals surface area contributed by atoms with Crippen molar-refractivity contribution in [3.05, 3.63) is 67.6 Å². The number of thioether (sulfide) groups is 1. The number of nitrogens with zero attached hydrogens (tertiary/aromatic N) is 1. The van der Waals surface area contributed by atoms with Crippen molar-refractivity contribution in [3.8, 4) is 0 Å². The van der Waals surface area contributed by atoms with Crippen molar-refractivity contribution in [2.24, 2.45) is 0 Å². The molecule has 4 nitrogen and oxygen atoms in total. The van der Waals surface area contributed by atoms with Gasteiger partial charge in [-0.1, -0.05) is 58.5 Å². The molecular weight excluding hydrogens is 486 g/mol. The van der Waals surface area contributed by atoms with E-state index in [1.165, 1.54) is 16.7 Å². The Morgan fingerprint density at radius 2 is 1.73 bits per heavy atom. The highest BCUT2D eigenvalue weighted by Crippen LogP contribution is 2.28. The zero-order chi connectivity index (χ0) is 22.3. The molecule has 0 fully saturated rings. The zero-order valence-corrected chi connectivity index (χ0v) is 20.4. The van der Waals surface area contributed by atoms with Crippen LogP contribution in [0.15, 0.2) is 36.4 Å². The van der Waals surface area contributed by atoms with Crippen molar-refractivity contribution in [2.45, 2.75) is 32.2 Å². The highest BCUT2D eigenvalue weighted by atomic mass is 35.5. The number of halogens is 4. The molecule has 2 rings (SSSR count). The van der Waals surface area contributed by atoms with E-state index in [4.69, 9.17) is 46.4 Å². The SMILES string of the molecule is CCNC(=O)[C@@H](C)N(Cc1c(Cl)cccc1Cl)C(=O)CSCc1ccc(Cl)cc1Cl. The Kier molecular flexibility index (Phi) is 10.1. The van der Waals surface area contributed by atoms with Crippen LogP contribution in [0.25, 0.3) is 0 Å². The Bertz CT molecular complexity index is 890. The Hall–Kier alpha value is -1.11. The molecule has 0 aliphatic carbocycles.